The lowest BCUT2D eigenvalue weighted by molar-refractivity contribution is 0.601. The number of thioether (sulfide) groups is 1. The van der Waals surface area contributed by atoms with Gasteiger partial charge in [-0.25, -0.2) is 19.6 Å². The first-order chi connectivity index (χ1) is 9.86. The second kappa shape index (κ2) is 6.35. The molecule has 0 radical (unpaired) electrons. The van der Waals surface area contributed by atoms with Crippen LogP contribution in [0.15, 0.2) is 23.6 Å². The predicted octanol–water partition coefficient (Wildman–Crippen LogP) is 3.04. The van der Waals surface area contributed by atoms with Crippen molar-refractivity contribution in [3.05, 3.63) is 30.1 Å². The average Bonchev–Trinajstić information content (AvgIpc) is 3.15. The lowest BCUT2D eigenvalue weighted by Gasteiger charge is -2.01. The molecule has 6 heteroatoms. The van der Waals surface area contributed by atoms with Gasteiger partial charge >= 0.3 is 0 Å². The van der Waals surface area contributed by atoms with Crippen LogP contribution in [-0.4, -0.2) is 24.7 Å². The first kappa shape index (κ1) is 13.5. The SMILES string of the molecule is CCn1nc(C2CCCC2)nc1CSc1ncccn1. The fourth-order valence-electron chi connectivity index (χ4n) is 2.60. The van der Waals surface area contributed by atoms with Gasteiger partial charge in [-0.15, -0.1) is 0 Å². The molecule has 2 heterocycles. The summed E-state index contributed by atoms with van der Waals surface area (Å²) in [4.78, 5) is 13.2. The molecule has 1 aliphatic carbocycles. The van der Waals surface area contributed by atoms with Crippen molar-refractivity contribution in [2.75, 3.05) is 0 Å². The van der Waals surface area contributed by atoms with Gasteiger partial charge in [-0.2, -0.15) is 5.10 Å². The topological polar surface area (TPSA) is 56.5 Å². The van der Waals surface area contributed by atoms with Crippen LogP contribution in [0.2, 0.25) is 0 Å². The lowest BCUT2D eigenvalue weighted by Crippen LogP contribution is -2.03. The Hall–Kier alpha value is -1.43. The van der Waals surface area contributed by atoms with Gasteiger partial charge < -0.3 is 0 Å². The third kappa shape index (κ3) is 3.00. The predicted molar refractivity (Wildman–Crippen MR) is 78.5 cm³/mol. The zero-order chi connectivity index (χ0) is 13.8. The van der Waals surface area contributed by atoms with E-state index in [0.717, 1.165) is 29.1 Å². The molecule has 3 rings (SSSR count). The van der Waals surface area contributed by atoms with Crippen molar-refractivity contribution < 1.29 is 0 Å². The third-order valence-electron chi connectivity index (χ3n) is 3.66. The Balaban J connectivity index is 1.71. The van der Waals surface area contributed by atoms with Gasteiger partial charge in [-0.3, -0.25) is 0 Å². The van der Waals surface area contributed by atoms with Crippen molar-refractivity contribution in [1.82, 2.24) is 24.7 Å². The van der Waals surface area contributed by atoms with Crippen molar-refractivity contribution >= 4 is 11.8 Å². The molecule has 0 aliphatic heterocycles. The van der Waals surface area contributed by atoms with Crippen LogP contribution in [0.3, 0.4) is 0 Å². The van der Waals surface area contributed by atoms with Crippen LogP contribution in [0.4, 0.5) is 0 Å². The van der Waals surface area contributed by atoms with Crippen molar-refractivity contribution in [3.63, 3.8) is 0 Å². The van der Waals surface area contributed by atoms with E-state index in [9.17, 15) is 0 Å². The molecular formula is C14H19N5S. The van der Waals surface area contributed by atoms with Gasteiger partial charge in [0, 0.05) is 24.9 Å². The molecule has 2 aromatic rings. The smallest absolute Gasteiger partial charge is 0.187 e. The Bertz CT molecular complexity index is 548. The van der Waals surface area contributed by atoms with Gasteiger partial charge in [0.25, 0.3) is 0 Å². The second-order valence-electron chi connectivity index (χ2n) is 5.00. The largest absolute Gasteiger partial charge is 0.249 e. The maximum absolute atomic E-state index is 4.75. The number of aromatic nitrogens is 5. The highest BCUT2D eigenvalue weighted by atomic mass is 32.2. The van der Waals surface area contributed by atoms with E-state index in [1.807, 2.05) is 10.7 Å². The molecule has 0 aromatic carbocycles. The summed E-state index contributed by atoms with van der Waals surface area (Å²) in [5.74, 6) is 3.41. The van der Waals surface area contributed by atoms with E-state index in [4.69, 9.17) is 4.98 Å². The molecule has 0 saturated heterocycles. The summed E-state index contributed by atoms with van der Waals surface area (Å²) in [6, 6.07) is 1.83. The highest BCUT2D eigenvalue weighted by Crippen LogP contribution is 2.32. The van der Waals surface area contributed by atoms with Crippen molar-refractivity contribution in [2.24, 2.45) is 0 Å². The van der Waals surface area contributed by atoms with E-state index in [2.05, 4.69) is 22.0 Å². The maximum Gasteiger partial charge on any atom is 0.187 e. The van der Waals surface area contributed by atoms with Crippen molar-refractivity contribution in [3.8, 4) is 0 Å². The Morgan fingerprint density at radius 3 is 2.70 bits per heavy atom. The lowest BCUT2D eigenvalue weighted by atomic mass is 10.1. The van der Waals surface area contributed by atoms with Crippen LogP contribution in [0.1, 0.15) is 50.2 Å². The van der Waals surface area contributed by atoms with Crippen LogP contribution < -0.4 is 0 Å². The molecule has 0 bridgehead atoms. The molecule has 0 amide bonds. The summed E-state index contributed by atoms with van der Waals surface area (Å²) in [7, 11) is 0. The zero-order valence-corrected chi connectivity index (χ0v) is 12.5. The molecule has 1 aliphatic rings. The van der Waals surface area contributed by atoms with E-state index in [-0.39, 0.29) is 0 Å². The maximum atomic E-state index is 4.75. The first-order valence-corrected chi connectivity index (χ1v) is 8.19. The van der Waals surface area contributed by atoms with Crippen LogP contribution in [-0.2, 0) is 12.3 Å². The zero-order valence-electron chi connectivity index (χ0n) is 11.7. The fourth-order valence-corrected chi connectivity index (χ4v) is 3.34. The number of hydrogen-bond donors (Lipinski definition) is 0. The summed E-state index contributed by atoms with van der Waals surface area (Å²) >= 11 is 1.61. The molecule has 20 heavy (non-hydrogen) atoms. The van der Waals surface area contributed by atoms with Gasteiger partial charge in [0.1, 0.15) is 5.82 Å². The Morgan fingerprint density at radius 2 is 2.00 bits per heavy atom. The standard InChI is InChI=1S/C14H19N5S/c1-2-19-12(10-20-14-15-8-5-9-16-14)17-13(18-19)11-6-3-4-7-11/h5,8-9,11H,2-4,6-7,10H2,1H3. The number of nitrogens with zero attached hydrogens (tertiary/aromatic N) is 5. The van der Waals surface area contributed by atoms with Crippen LogP contribution in [0.25, 0.3) is 0 Å². The molecule has 0 atom stereocenters. The van der Waals surface area contributed by atoms with Crippen LogP contribution in [0.5, 0.6) is 0 Å². The molecule has 0 spiro atoms. The van der Waals surface area contributed by atoms with Crippen LogP contribution >= 0.6 is 11.8 Å². The molecule has 106 valence electrons. The van der Waals surface area contributed by atoms with Gasteiger partial charge in [0.15, 0.2) is 11.0 Å². The molecular weight excluding hydrogens is 270 g/mol. The highest BCUT2D eigenvalue weighted by molar-refractivity contribution is 7.98. The number of rotatable bonds is 5. The second-order valence-corrected chi connectivity index (χ2v) is 5.95. The summed E-state index contributed by atoms with van der Waals surface area (Å²) in [5.41, 5.74) is 0. The summed E-state index contributed by atoms with van der Waals surface area (Å²) in [6.07, 6.45) is 8.64. The van der Waals surface area contributed by atoms with E-state index >= 15 is 0 Å². The van der Waals surface area contributed by atoms with E-state index in [0.29, 0.717) is 5.92 Å². The quantitative estimate of drug-likeness (QED) is 0.625. The van der Waals surface area contributed by atoms with Crippen LogP contribution in [0, 0.1) is 0 Å². The van der Waals surface area contributed by atoms with Gasteiger partial charge in [0.05, 0.1) is 5.75 Å². The molecule has 1 saturated carbocycles. The first-order valence-electron chi connectivity index (χ1n) is 7.20. The van der Waals surface area contributed by atoms with E-state index in [1.54, 1.807) is 24.2 Å². The van der Waals surface area contributed by atoms with E-state index < -0.39 is 0 Å². The summed E-state index contributed by atoms with van der Waals surface area (Å²) in [5, 5.41) is 5.47. The number of aryl methyl sites for hydroxylation is 1. The Morgan fingerprint density at radius 1 is 1.25 bits per heavy atom. The minimum absolute atomic E-state index is 0.569. The fraction of sp³-hybridized carbons (Fsp3) is 0.571. The molecule has 1 fully saturated rings. The minimum Gasteiger partial charge on any atom is -0.249 e. The number of hydrogen-bond acceptors (Lipinski definition) is 5. The van der Waals surface area contributed by atoms with Crippen molar-refractivity contribution in [1.29, 1.82) is 0 Å². The normalized spacial score (nSPS) is 15.8. The highest BCUT2D eigenvalue weighted by Gasteiger charge is 2.22. The monoisotopic (exact) mass is 289 g/mol. The molecule has 2 aromatic heterocycles. The third-order valence-corrected chi connectivity index (χ3v) is 4.53. The summed E-state index contributed by atoms with van der Waals surface area (Å²) < 4.78 is 2.02. The average molecular weight is 289 g/mol. The Kier molecular flexibility index (Phi) is 4.30. The van der Waals surface area contributed by atoms with Crippen molar-refractivity contribution in [2.45, 2.75) is 56.0 Å². The van der Waals surface area contributed by atoms with Gasteiger partial charge in [-0.05, 0) is 25.8 Å². The molecule has 0 unspecified atom stereocenters. The Labute approximate surface area is 123 Å². The van der Waals surface area contributed by atoms with Gasteiger partial charge in [0.2, 0.25) is 0 Å². The van der Waals surface area contributed by atoms with E-state index in [1.165, 1.54) is 25.7 Å². The molecule has 5 nitrogen and oxygen atoms in total. The molecule has 0 N–H and O–H groups in total. The van der Waals surface area contributed by atoms with Gasteiger partial charge in [-0.1, -0.05) is 24.6 Å². The minimum atomic E-state index is 0.569. The summed E-state index contributed by atoms with van der Waals surface area (Å²) in [6.45, 7) is 2.98.